The highest BCUT2D eigenvalue weighted by molar-refractivity contribution is 8.07. The van der Waals surface area contributed by atoms with Crippen LogP contribution in [0.1, 0.15) is 50.5 Å². The first-order valence-electron chi connectivity index (χ1n) is 8.80. The van der Waals surface area contributed by atoms with Crippen molar-refractivity contribution >= 4 is 34.3 Å². The molecule has 1 rings (SSSR count). The zero-order valence-corrected chi connectivity index (χ0v) is 18.0. The van der Waals surface area contributed by atoms with E-state index in [1.807, 2.05) is 0 Å². The van der Waals surface area contributed by atoms with Gasteiger partial charge in [0, 0.05) is 20.0 Å². The summed E-state index contributed by atoms with van der Waals surface area (Å²) in [4.78, 5) is 21.4. The van der Waals surface area contributed by atoms with E-state index in [1.165, 1.54) is 19.2 Å². The molecule has 0 aliphatic carbocycles. The summed E-state index contributed by atoms with van der Waals surface area (Å²) in [6.07, 6.45) is 6.13. The van der Waals surface area contributed by atoms with Gasteiger partial charge in [-0.15, -0.1) is 0 Å². The Hall–Kier alpha value is -0.670. The minimum absolute atomic E-state index is 0.0736. The summed E-state index contributed by atoms with van der Waals surface area (Å²) in [5.41, 5.74) is 0.913. The highest BCUT2D eigenvalue weighted by Crippen LogP contribution is 2.42. The topological polar surface area (TPSA) is 116 Å². The first-order valence-corrected chi connectivity index (χ1v) is 12.9. The van der Waals surface area contributed by atoms with Gasteiger partial charge in [-0.1, -0.05) is 31.4 Å². The van der Waals surface area contributed by atoms with Gasteiger partial charge in [-0.2, -0.15) is 0 Å². The van der Waals surface area contributed by atoms with Crippen LogP contribution >= 0.6 is 6.72 Å². The molecule has 0 aliphatic rings. The predicted molar refractivity (Wildman–Crippen MR) is 108 cm³/mol. The van der Waals surface area contributed by atoms with Crippen LogP contribution in [-0.4, -0.2) is 32.8 Å². The average Bonchev–Trinajstić information content (AvgIpc) is 2.61. The Morgan fingerprint density at radius 1 is 1.11 bits per heavy atom. The molecule has 0 amide bonds. The lowest BCUT2D eigenvalue weighted by Crippen LogP contribution is -2.11. The number of Topliss-reactive ketones (excluding diaryl/α,β-unsaturated/α-hetero) is 1. The van der Waals surface area contributed by atoms with Gasteiger partial charge in [-0.25, -0.2) is 13.6 Å². The van der Waals surface area contributed by atoms with Gasteiger partial charge >= 0.3 is 6.72 Å². The molecule has 1 aromatic carbocycles. The van der Waals surface area contributed by atoms with Crippen molar-refractivity contribution in [1.82, 2.24) is 0 Å². The maximum Gasteiger partial charge on any atom is 0.324 e. The van der Waals surface area contributed by atoms with Crippen LogP contribution in [0.25, 0.3) is 0 Å². The van der Waals surface area contributed by atoms with Gasteiger partial charge in [-0.3, -0.25) is 4.79 Å². The molecule has 1 aromatic rings. The molecule has 0 fully saturated rings. The van der Waals surface area contributed by atoms with E-state index in [0.29, 0.717) is 25.9 Å². The third-order valence-corrected chi connectivity index (χ3v) is 6.69. The summed E-state index contributed by atoms with van der Waals surface area (Å²) in [5, 5.41) is 5.05. The second kappa shape index (κ2) is 12.0. The molecule has 154 valence electrons. The maximum atomic E-state index is 11.9. The SMILES string of the molecule is COP(O)(=S)OCCCCCCCC(=O)CCc1ccc(S(N)(=O)=O)cc1. The largest absolute Gasteiger partial charge is 0.324 e. The van der Waals surface area contributed by atoms with Crippen LogP contribution in [0, 0.1) is 0 Å². The minimum atomic E-state index is -3.68. The molecule has 0 aliphatic heterocycles. The molecule has 0 saturated heterocycles. The molecule has 0 bridgehead atoms. The molecule has 0 spiro atoms. The average molecular weight is 438 g/mol. The maximum absolute atomic E-state index is 11.9. The summed E-state index contributed by atoms with van der Waals surface area (Å²) in [6.45, 7) is -2.66. The van der Waals surface area contributed by atoms with Crippen LogP contribution in [-0.2, 0) is 42.1 Å². The fraction of sp³-hybridized carbons (Fsp3) is 0.588. The highest BCUT2D eigenvalue weighted by Gasteiger charge is 2.11. The van der Waals surface area contributed by atoms with Crippen molar-refractivity contribution in [1.29, 1.82) is 0 Å². The van der Waals surface area contributed by atoms with E-state index < -0.39 is 16.7 Å². The van der Waals surface area contributed by atoms with Gasteiger partial charge in [-0.05, 0) is 48.8 Å². The lowest BCUT2D eigenvalue weighted by Gasteiger charge is -2.12. The molecule has 27 heavy (non-hydrogen) atoms. The standard InChI is InChI=1S/C17H28NO6PS2/c1-23-25(20,26)24-14-6-4-2-3-5-7-16(19)11-8-15-9-12-17(13-10-15)27(18,21)22/h9-10,12-13H,2-8,11,14H2,1H3,(H,20,26)(H2,18,21,22). The number of benzene rings is 1. The number of sulfonamides is 1. The molecule has 0 radical (unpaired) electrons. The van der Waals surface area contributed by atoms with Gasteiger partial charge in [0.05, 0.1) is 11.5 Å². The highest BCUT2D eigenvalue weighted by atomic mass is 32.5. The Labute approximate surface area is 166 Å². The fourth-order valence-electron chi connectivity index (χ4n) is 2.44. The second-order valence-electron chi connectivity index (χ2n) is 6.23. The molecule has 1 atom stereocenters. The Balaban J connectivity index is 2.10. The molecule has 0 aromatic heterocycles. The smallest absolute Gasteiger partial charge is 0.324 e. The van der Waals surface area contributed by atoms with E-state index in [2.05, 4.69) is 4.52 Å². The van der Waals surface area contributed by atoms with Gasteiger partial charge in [0.15, 0.2) is 0 Å². The first-order chi connectivity index (χ1) is 12.6. The molecular weight excluding hydrogens is 409 g/mol. The van der Waals surface area contributed by atoms with Crippen molar-refractivity contribution in [2.75, 3.05) is 13.7 Å². The molecule has 1 unspecified atom stereocenters. The summed E-state index contributed by atoms with van der Waals surface area (Å²) < 4.78 is 32.2. The Kier molecular flexibility index (Phi) is 10.8. The van der Waals surface area contributed by atoms with E-state index in [0.717, 1.165) is 37.7 Å². The van der Waals surface area contributed by atoms with Crippen LogP contribution < -0.4 is 5.14 Å². The summed E-state index contributed by atoms with van der Waals surface area (Å²) >= 11 is 4.73. The van der Waals surface area contributed by atoms with E-state index >= 15 is 0 Å². The van der Waals surface area contributed by atoms with Crippen molar-refractivity contribution in [2.45, 2.75) is 56.3 Å². The zero-order chi connectivity index (χ0) is 20.3. The molecule has 0 heterocycles. The van der Waals surface area contributed by atoms with Gasteiger partial charge < -0.3 is 13.9 Å². The van der Waals surface area contributed by atoms with Crippen molar-refractivity contribution < 1.29 is 27.2 Å². The monoisotopic (exact) mass is 437 g/mol. The normalized spacial score (nSPS) is 14.0. The summed E-state index contributed by atoms with van der Waals surface area (Å²) in [7, 11) is -2.35. The summed E-state index contributed by atoms with van der Waals surface area (Å²) in [5.74, 6) is 0.204. The number of hydrogen-bond donors (Lipinski definition) is 2. The second-order valence-corrected chi connectivity index (χ2v) is 10.7. The van der Waals surface area contributed by atoms with Crippen LogP contribution in [0.15, 0.2) is 29.2 Å². The van der Waals surface area contributed by atoms with E-state index in [-0.39, 0.29) is 10.7 Å². The number of nitrogens with two attached hydrogens (primary N) is 1. The van der Waals surface area contributed by atoms with Crippen LogP contribution in [0.2, 0.25) is 0 Å². The number of ketones is 1. The number of rotatable bonds is 14. The number of carbonyl (C=O) groups excluding carboxylic acids is 1. The Morgan fingerprint density at radius 2 is 1.70 bits per heavy atom. The predicted octanol–water partition coefficient (Wildman–Crippen LogP) is 3.06. The quantitative estimate of drug-likeness (QED) is 0.339. The number of hydrogen-bond acceptors (Lipinski definition) is 6. The van der Waals surface area contributed by atoms with Crippen LogP contribution in [0.5, 0.6) is 0 Å². The zero-order valence-electron chi connectivity index (χ0n) is 15.5. The third kappa shape index (κ3) is 11.0. The van der Waals surface area contributed by atoms with Gasteiger partial charge in [0.25, 0.3) is 0 Å². The Bertz CT molecular complexity index is 736. The van der Waals surface area contributed by atoms with Crippen molar-refractivity contribution in [3.05, 3.63) is 29.8 Å². The van der Waals surface area contributed by atoms with Crippen molar-refractivity contribution in [2.24, 2.45) is 5.14 Å². The molecule has 10 heteroatoms. The number of aryl methyl sites for hydroxylation is 1. The number of primary sulfonamides is 1. The van der Waals surface area contributed by atoms with Crippen molar-refractivity contribution in [3.63, 3.8) is 0 Å². The lowest BCUT2D eigenvalue weighted by molar-refractivity contribution is -0.119. The molecule has 0 saturated carbocycles. The number of carbonyl (C=O) groups is 1. The van der Waals surface area contributed by atoms with E-state index in [1.54, 1.807) is 12.1 Å². The molecule has 3 N–H and O–H groups in total. The fourth-order valence-corrected chi connectivity index (χ4v) is 3.65. The number of unbranched alkanes of at least 4 members (excludes halogenated alkanes) is 4. The Morgan fingerprint density at radius 3 is 2.30 bits per heavy atom. The van der Waals surface area contributed by atoms with Crippen LogP contribution in [0.3, 0.4) is 0 Å². The molecular formula is C17H28NO6PS2. The van der Waals surface area contributed by atoms with E-state index in [4.69, 9.17) is 21.5 Å². The van der Waals surface area contributed by atoms with Crippen LogP contribution in [0.4, 0.5) is 0 Å². The van der Waals surface area contributed by atoms with Gasteiger partial charge in [0.1, 0.15) is 5.78 Å². The lowest BCUT2D eigenvalue weighted by atomic mass is 10.0. The third-order valence-electron chi connectivity index (χ3n) is 4.03. The first kappa shape index (κ1) is 24.4. The minimum Gasteiger partial charge on any atom is -0.324 e. The summed E-state index contributed by atoms with van der Waals surface area (Å²) in [6, 6.07) is 6.29. The van der Waals surface area contributed by atoms with Gasteiger partial charge in [0.2, 0.25) is 10.0 Å². The molecule has 7 nitrogen and oxygen atoms in total. The van der Waals surface area contributed by atoms with E-state index in [9.17, 15) is 18.1 Å². The van der Waals surface area contributed by atoms with Crippen molar-refractivity contribution in [3.8, 4) is 0 Å².